The van der Waals surface area contributed by atoms with Gasteiger partial charge in [0, 0.05) is 12.6 Å². The van der Waals surface area contributed by atoms with Crippen molar-refractivity contribution in [3.05, 3.63) is 42.1 Å². The fourth-order valence-electron chi connectivity index (χ4n) is 2.68. The van der Waals surface area contributed by atoms with E-state index >= 15 is 0 Å². The summed E-state index contributed by atoms with van der Waals surface area (Å²) in [5.41, 5.74) is 1.32. The van der Waals surface area contributed by atoms with Crippen molar-refractivity contribution in [3.63, 3.8) is 0 Å². The van der Waals surface area contributed by atoms with E-state index in [1.807, 2.05) is 6.07 Å². The first-order chi connectivity index (χ1) is 10.4. The van der Waals surface area contributed by atoms with Crippen LogP contribution in [0, 0.1) is 0 Å². The predicted octanol–water partition coefficient (Wildman–Crippen LogP) is 2.88. The van der Waals surface area contributed by atoms with Crippen molar-refractivity contribution in [2.24, 2.45) is 0 Å². The molecule has 2 N–H and O–H groups in total. The van der Waals surface area contributed by atoms with Crippen LogP contribution in [0.3, 0.4) is 0 Å². The van der Waals surface area contributed by atoms with Gasteiger partial charge in [-0.15, -0.1) is 5.10 Å². The Hall–Kier alpha value is -2.17. The lowest BCUT2D eigenvalue weighted by atomic mass is 10.1. The molecule has 0 spiro atoms. The molecule has 0 bridgehead atoms. The summed E-state index contributed by atoms with van der Waals surface area (Å²) >= 11 is 0. The maximum atomic E-state index is 4.47. The summed E-state index contributed by atoms with van der Waals surface area (Å²) in [5, 5.41) is 14.7. The highest BCUT2D eigenvalue weighted by Crippen LogP contribution is 2.20. The second-order valence-corrected chi connectivity index (χ2v) is 5.45. The highest BCUT2D eigenvalue weighted by atomic mass is 15.3. The van der Waals surface area contributed by atoms with Crippen molar-refractivity contribution < 1.29 is 0 Å². The Labute approximate surface area is 125 Å². The molecule has 0 amide bonds. The number of hydrogen-bond donors (Lipinski definition) is 2. The van der Waals surface area contributed by atoms with Crippen LogP contribution in [0.25, 0.3) is 0 Å². The zero-order valence-corrected chi connectivity index (χ0v) is 12.1. The maximum absolute atomic E-state index is 4.47. The lowest BCUT2D eigenvalue weighted by Gasteiger charge is -2.12. The first-order valence-electron chi connectivity index (χ1n) is 7.64. The van der Waals surface area contributed by atoms with Crippen LogP contribution < -0.4 is 10.6 Å². The van der Waals surface area contributed by atoms with E-state index in [1.165, 1.54) is 31.2 Å². The largest absolute Gasteiger partial charge is 0.368 e. The van der Waals surface area contributed by atoms with E-state index in [4.69, 9.17) is 0 Å². The molecule has 0 aliphatic heterocycles. The number of nitrogens with one attached hydrogen (secondary N) is 2. The lowest BCUT2D eigenvalue weighted by Crippen LogP contribution is -2.18. The molecule has 1 aliphatic carbocycles. The fourth-order valence-corrected chi connectivity index (χ4v) is 2.68. The van der Waals surface area contributed by atoms with Crippen LogP contribution in [0.5, 0.6) is 0 Å². The van der Waals surface area contributed by atoms with Crippen molar-refractivity contribution in [2.45, 2.75) is 38.1 Å². The van der Waals surface area contributed by atoms with Gasteiger partial charge in [0.1, 0.15) is 0 Å². The fraction of sp³-hybridized carbons (Fsp3) is 0.438. The van der Waals surface area contributed by atoms with Gasteiger partial charge in [-0.2, -0.15) is 10.1 Å². The molecule has 110 valence electrons. The average Bonchev–Trinajstić information content (AvgIpc) is 3.02. The summed E-state index contributed by atoms with van der Waals surface area (Å²) in [4.78, 5) is 4.47. The van der Waals surface area contributed by atoms with Gasteiger partial charge in [-0.25, -0.2) is 0 Å². The van der Waals surface area contributed by atoms with Gasteiger partial charge in [0.15, 0.2) is 5.82 Å². The summed E-state index contributed by atoms with van der Waals surface area (Å²) < 4.78 is 0. The van der Waals surface area contributed by atoms with Gasteiger partial charge in [0.25, 0.3) is 0 Å². The Morgan fingerprint density at radius 2 is 1.90 bits per heavy atom. The maximum Gasteiger partial charge on any atom is 0.244 e. The van der Waals surface area contributed by atoms with Gasteiger partial charge in [0.05, 0.1) is 6.20 Å². The van der Waals surface area contributed by atoms with Crippen LogP contribution in [0.2, 0.25) is 0 Å². The summed E-state index contributed by atoms with van der Waals surface area (Å²) in [6.07, 6.45) is 7.63. The number of aromatic nitrogens is 3. The minimum absolute atomic E-state index is 0.506. The van der Waals surface area contributed by atoms with Crippen LogP contribution in [-0.4, -0.2) is 27.8 Å². The summed E-state index contributed by atoms with van der Waals surface area (Å²) in [6.45, 7) is 0.839. The van der Waals surface area contributed by atoms with Crippen LogP contribution in [-0.2, 0) is 6.42 Å². The second-order valence-electron chi connectivity index (χ2n) is 5.45. The summed E-state index contributed by atoms with van der Waals surface area (Å²) in [7, 11) is 0. The third kappa shape index (κ3) is 4.15. The Morgan fingerprint density at radius 3 is 2.71 bits per heavy atom. The zero-order chi connectivity index (χ0) is 14.3. The molecule has 0 unspecified atom stereocenters. The molecule has 0 atom stereocenters. The van der Waals surface area contributed by atoms with E-state index in [0.29, 0.717) is 12.0 Å². The number of rotatable bonds is 6. The molecular weight excluding hydrogens is 262 g/mol. The predicted molar refractivity (Wildman–Crippen MR) is 84.3 cm³/mol. The molecule has 21 heavy (non-hydrogen) atoms. The van der Waals surface area contributed by atoms with Crippen LogP contribution >= 0.6 is 0 Å². The van der Waals surface area contributed by atoms with Gasteiger partial charge in [0.2, 0.25) is 5.95 Å². The van der Waals surface area contributed by atoms with Crippen molar-refractivity contribution >= 4 is 11.8 Å². The molecule has 1 aromatic heterocycles. The number of hydrogen-bond acceptors (Lipinski definition) is 5. The second kappa shape index (κ2) is 7.02. The van der Waals surface area contributed by atoms with E-state index in [0.717, 1.165) is 18.8 Å². The first kappa shape index (κ1) is 13.8. The molecule has 1 aromatic carbocycles. The smallest absolute Gasteiger partial charge is 0.244 e. The van der Waals surface area contributed by atoms with E-state index < -0.39 is 0 Å². The van der Waals surface area contributed by atoms with E-state index in [2.05, 4.69) is 50.1 Å². The number of anilines is 2. The zero-order valence-electron chi connectivity index (χ0n) is 12.1. The van der Waals surface area contributed by atoms with Crippen LogP contribution in [0.4, 0.5) is 11.8 Å². The van der Waals surface area contributed by atoms with Crippen LogP contribution in [0.15, 0.2) is 36.5 Å². The molecule has 2 aromatic rings. The van der Waals surface area contributed by atoms with Gasteiger partial charge >= 0.3 is 0 Å². The van der Waals surface area contributed by atoms with Crippen molar-refractivity contribution in [1.29, 1.82) is 0 Å². The number of benzene rings is 1. The Morgan fingerprint density at radius 1 is 1.10 bits per heavy atom. The lowest BCUT2D eigenvalue weighted by molar-refractivity contribution is 0.737. The quantitative estimate of drug-likeness (QED) is 0.853. The summed E-state index contributed by atoms with van der Waals surface area (Å²) in [5.74, 6) is 1.41. The third-order valence-corrected chi connectivity index (χ3v) is 3.81. The van der Waals surface area contributed by atoms with E-state index in [9.17, 15) is 0 Å². The van der Waals surface area contributed by atoms with Crippen molar-refractivity contribution in [3.8, 4) is 0 Å². The van der Waals surface area contributed by atoms with Gasteiger partial charge < -0.3 is 10.6 Å². The van der Waals surface area contributed by atoms with Gasteiger partial charge in [-0.3, -0.25) is 0 Å². The average molecular weight is 283 g/mol. The van der Waals surface area contributed by atoms with Gasteiger partial charge in [-0.05, 0) is 24.8 Å². The molecule has 0 radical (unpaired) electrons. The molecular formula is C16H21N5. The minimum atomic E-state index is 0.506. The molecule has 3 rings (SSSR count). The molecule has 1 saturated carbocycles. The molecule has 1 aliphatic rings. The Balaban J connectivity index is 1.51. The highest BCUT2D eigenvalue weighted by molar-refractivity contribution is 5.37. The molecule has 1 fully saturated rings. The molecule has 0 saturated heterocycles. The monoisotopic (exact) mass is 283 g/mol. The molecule has 1 heterocycles. The number of nitrogens with zero attached hydrogens (tertiary/aromatic N) is 3. The van der Waals surface area contributed by atoms with Crippen molar-refractivity contribution in [2.75, 3.05) is 17.2 Å². The Bertz CT molecular complexity index is 552. The molecule has 5 heteroatoms. The van der Waals surface area contributed by atoms with E-state index in [-0.39, 0.29) is 0 Å². The highest BCUT2D eigenvalue weighted by Gasteiger charge is 2.15. The topological polar surface area (TPSA) is 62.7 Å². The first-order valence-corrected chi connectivity index (χ1v) is 7.64. The molecule has 5 nitrogen and oxygen atoms in total. The third-order valence-electron chi connectivity index (χ3n) is 3.81. The normalized spacial score (nSPS) is 15.0. The van der Waals surface area contributed by atoms with Crippen LogP contribution in [0.1, 0.15) is 31.2 Å². The van der Waals surface area contributed by atoms with Gasteiger partial charge in [-0.1, -0.05) is 43.2 Å². The SMILES string of the molecule is c1ccc(CCNc2cnnc(NC3CCCC3)n2)cc1. The van der Waals surface area contributed by atoms with E-state index in [1.54, 1.807) is 6.20 Å². The van der Waals surface area contributed by atoms with Crippen molar-refractivity contribution in [1.82, 2.24) is 15.2 Å². The standard InChI is InChI=1S/C16H21N5/c1-2-6-13(7-3-1)10-11-17-15-12-18-21-16(20-15)19-14-8-4-5-9-14/h1-3,6-7,12,14H,4-5,8-11H2,(H2,17,19,20,21). The Kier molecular flexibility index (Phi) is 4.61. The summed E-state index contributed by atoms with van der Waals surface area (Å²) in [6, 6.07) is 10.9. The minimum Gasteiger partial charge on any atom is -0.368 e.